The third-order valence-corrected chi connectivity index (χ3v) is 4.16. The Morgan fingerprint density at radius 1 is 1.46 bits per heavy atom. The number of nitrogens with zero attached hydrogens (tertiary/aromatic N) is 2. The van der Waals surface area contributed by atoms with Crippen molar-refractivity contribution in [2.24, 2.45) is 5.92 Å². The maximum absolute atomic E-state index is 12.5. The van der Waals surface area contributed by atoms with E-state index >= 15 is 0 Å². The highest BCUT2D eigenvalue weighted by Gasteiger charge is 2.35. The van der Waals surface area contributed by atoms with E-state index in [1.807, 2.05) is 0 Å². The summed E-state index contributed by atoms with van der Waals surface area (Å²) in [5, 5.41) is 13.6. The lowest BCUT2D eigenvalue weighted by Crippen LogP contribution is -2.28. The molecule has 1 aromatic heterocycles. The average molecular weight is 359 g/mol. The summed E-state index contributed by atoms with van der Waals surface area (Å²) in [6.07, 6.45) is 1.60. The van der Waals surface area contributed by atoms with Crippen molar-refractivity contribution in [3.05, 3.63) is 52.5 Å². The zero-order valence-corrected chi connectivity index (χ0v) is 14.0. The van der Waals surface area contributed by atoms with E-state index in [1.54, 1.807) is 17.0 Å². The van der Waals surface area contributed by atoms with Crippen molar-refractivity contribution in [2.75, 3.05) is 19.0 Å². The zero-order valence-electron chi connectivity index (χ0n) is 14.0. The molecule has 2 aromatic rings. The molecule has 1 aromatic carbocycles. The molecule has 9 nitrogen and oxygen atoms in total. The molecule has 0 saturated carbocycles. The number of ether oxygens (including phenoxy) is 1. The second-order valence-corrected chi connectivity index (χ2v) is 5.89. The number of hydrogen-bond donors (Lipinski definition) is 1. The first-order valence-electron chi connectivity index (χ1n) is 7.91. The van der Waals surface area contributed by atoms with Gasteiger partial charge in [0, 0.05) is 25.1 Å². The molecule has 1 N–H and O–H groups in total. The van der Waals surface area contributed by atoms with Gasteiger partial charge in [0.1, 0.15) is 11.5 Å². The summed E-state index contributed by atoms with van der Waals surface area (Å²) in [5.41, 5.74) is 0.0340. The molecule has 1 saturated heterocycles. The first-order chi connectivity index (χ1) is 12.5. The van der Waals surface area contributed by atoms with Gasteiger partial charge in [0.2, 0.25) is 11.8 Å². The number of rotatable bonds is 6. The average Bonchev–Trinajstić information content (AvgIpc) is 3.25. The number of likely N-dealkylation sites (tertiary alicyclic amines) is 1. The minimum Gasteiger partial charge on any atom is -0.495 e. The fourth-order valence-corrected chi connectivity index (χ4v) is 2.83. The first-order valence-corrected chi connectivity index (χ1v) is 7.91. The van der Waals surface area contributed by atoms with Crippen LogP contribution in [0.15, 0.2) is 41.0 Å². The summed E-state index contributed by atoms with van der Waals surface area (Å²) in [7, 11) is 1.40. The van der Waals surface area contributed by atoms with E-state index in [1.165, 1.54) is 31.6 Å². The van der Waals surface area contributed by atoms with Gasteiger partial charge in [-0.15, -0.1) is 0 Å². The highest BCUT2D eigenvalue weighted by molar-refractivity contribution is 5.98. The minimum absolute atomic E-state index is 0.0732. The van der Waals surface area contributed by atoms with Crippen LogP contribution in [0.4, 0.5) is 11.4 Å². The van der Waals surface area contributed by atoms with E-state index in [2.05, 4.69) is 5.32 Å². The number of anilines is 1. The van der Waals surface area contributed by atoms with Crippen molar-refractivity contribution < 1.29 is 23.7 Å². The van der Waals surface area contributed by atoms with Crippen LogP contribution in [0.25, 0.3) is 0 Å². The number of nitro benzene ring substituents is 1. The summed E-state index contributed by atoms with van der Waals surface area (Å²) in [4.78, 5) is 36.6. The Balaban J connectivity index is 1.69. The second kappa shape index (κ2) is 7.26. The Labute approximate surface area is 148 Å². The van der Waals surface area contributed by atoms with E-state index < -0.39 is 10.8 Å². The van der Waals surface area contributed by atoms with Crippen LogP contribution < -0.4 is 10.1 Å². The van der Waals surface area contributed by atoms with E-state index in [0.29, 0.717) is 18.1 Å². The Bertz CT molecular complexity index is 833. The van der Waals surface area contributed by atoms with Crippen molar-refractivity contribution in [1.82, 2.24) is 4.90 Å². The van der Waals surface area contributed by atoms with Gasteiger partial charge in [-0.3, -0.25) is 19.7 Å². The standard InChI is InChI=1S/C17H17N3O6/c1-25-15-5-4-12(20(23)24)8-14(15)18-17(22)11-7-16(21)19(9-11)10-13-3-2-6-26-13/h2-6,8,11H,7,9-10H2,1H3,(H,18,22). The zero-order chi connectivity index (χ0) is 18.7. The monoisotopic (exact) mass is 359 g/mol. The van der Waals surface area contributed by atoms with Gasteiger partial charge in [0.05, 0.1) is 36.4 Å². The highest BCUT2D eigenvalue weighted by Crippen LogP contribution is 2.30. The summed E-state index contributed by atoms with van der Waals surface area (Å²) in [5.74, 6) is -0.145. The number of non-ortho nitro benzene ring substituents is 1. The highest BCUT2D eigenvalue weighted by atomic mass is 16.6. The molecular formula is C17H17N3O6. The molecule has 26 heavy (non-hydrogen) atoms. The number of carbonyl (C=O) groups is 2. The number of methoxy groups -OCH3 is 1. The molecule has 9 heteroatoms. The molecule has 0 aliphatic carbocycles. The van der Waals surface area contributed by atoms with E-state index in [4.69, 9.17) is 9.15 Å². The molecule has 1 aliphatic heterocycles. The molecule has 1 fully saturated rings. The third kappa shape index (κ3) is 3.66. The second-order valence-electron chi connectivity index (χ2n) is 5.89. The van der Waals surface area contributed by atoms with E-state index in [9.17, 15) is 19.7 Å². The number of hydrogen-bond acceptors (Lipinski definition) is 6. The predicted octanol–water partition coefficient (Wildman–Crippen LogP) is 2.18. The van der Waals surface area contributed by atoms with Crippen molar-refractivity contribution in [2.45, 2.75) is 13.0 Å². The van der Waals surface area contributed by atoms with Crippen molar-refractivity contribution in [3.63, 3.8) is 0 Å². The van der Waals surface area contributed by atoms with Crippen LogP contribution in [-0.4, -0.2) is 35.3 Å². The van der Waals surface area contributed by atoms with Crippen molar-refractivity contribution in [1.29, 1.82) is 0 Å². The van der Waals surface area contributed by atoms with Gasteiger partial charge in [-0.1, -0.05) is 0 Å². The normalized spacial score (nSPS) is 16.6. The fourth-order valence-electron chi connectivity index (χ4n) is 2.83. The first kappa shape index (κ1) is 17.5. The van der Waals surface area contributed by atoms with Gasteiger partial charge in [-0.2, -0.15) is 0 Å². The number of carbonyl (C=O) groups excluding carboxylic acids is 2. The van der Waals surface area contributed by atoms with Crippen LogP contribution in [0.3, 0.4) is 0 Å². The van der Waals surface area contributed by atoms with Crippen molar-refractivity contribution >= 4 is 23.2 Å². The largest absolute Gasteiger partial charge is 0.495 e. The Kier molecular flexibility index (Phi) is 4.87. The molecule has 1 atom stereocenters. The quantitative estimate of drug-likeness (QED) is 0.624. The third-order valence-electron chi connectivity index (χ3n) is 4.16. The van der Waals surface area contributed by atoms with Crippen LogP contribution in [-0.2, 0) is 16.1 Å². The minimum atomic E-state index is -0.556. The van der Waals surface area contributed by atoms with E-state index in [0.717, 1.165) is 0 Å². The number of nitro groups is 1. The summed E-state index contributed by atoms with van der Waals surface area (Å²) in [6.45, 7) is 0.554. The maximum Gasteiger partial charge on any atom is 0.271 e. The molecule has 0 radical (unpaired) electrons. The molecule has 1 aliphatic rings. The maximum atomic E-state index is 12.5. The molecule has 1 unspecified atom stereocenters. The summed E-state index contributed by atoms with van der Waals surface area (Å²) in [6, 6.07) is 7.42. The van der Waals surface area contributed by atoms with Crippen LogP contribution in [0.5, 0.6) is 5.75 Å². The molecule has 136 valence electrons. The number of furan rings is 1. The molecule has 2 heterocycles. The molecule has 3 rings (SSSR count). The van der Waals surface area contributed by atoms with Crippen LogP contribution in [0.1, 0.15) is 12.2 Å². The van der Waals surface area contributed by atoms with Crippen LogP contribution in [0.2, 0.25) is 0 Å². The number of amides is 2. The van der Waals surface area contributed by atoms with Crippen LogP contribution >= 0.6 is 0 Å². The Hall–Kier alpha value is -3.36. The smallest absolute Gasteiger partial charge is 0.271 e. The topological polar surface area (TPSA) is 115 Å². The van der Waals surface area contributed by atoms with Gasteiger partial charge < -0.3 is 19.4 Å². The molecule has 0 bridgehead atoms. The molecular weight excluding hydrogens is 342 g/mol. The SMILES string of the molecule is COc1ccc([N+](=O)[O-])cc1NC(=O)C1CC(=O)N(Cc2ccco2)C1. The predicted molar refractivity (Wildman–Crippen MR) is 90.5 cm³/mol. The van der Waals surface area contributed by atoms with Gasteiger partial charge in [0.15, 0.2) is 0 Å². The lowest BCUT2D eigenvalue weighted by molar-refractivity contribution is -0.384. The molecule has 2 amide bonds. The number of benzene rings is 1. The molecule has 0 spiro atoms. The summed E-state index contributed by atoms with van der Waals surface area (Å²) < 4.78 is 10.4. The number of nitrogens with one attached hydrogen (secondary N) is 1. The van der Waals surface area contributed by atoms with Gasteiger partial charge in [-0.25, -0.2) is 0 Å². The van der Waals surface area contributed by atoms with Crippen LogP contribution in [0, 0.1) is 16.0 Å². The lowest BCUT2D eigenvalue weighted by Gasteiger charge is -2.15. The van der Waals surface area contributed by atoms with Gasteiger partial charge in [-0.05, 0) is 18.2 Å². The van der Waals surface area contributed by atoms with E-state index in [-0.39, 0.29) is 36.2 Å². The summed E-state index contributed by atoms with van der Waals surface area (Å²) >= 11 is 0. The van der Waals surface area contributed by atoms with Gasteiger partial charge >= 0.3 is 0 Å². The Morgan fingerprint density at radius 3 is 2.92 bits per heavy atom. The fraction of sp³-hybridized carbons (Fsp3) is 0.294. The van der Waals surface area contributed by atoms with Gasteiger partial charge in [0.25, 0.3) is 5.69 Å². The lowest BCUT2D eigenvalue weighted by atomic mass is 10.1. The van der Waals surface area contributed by atoms with Crippen molar-refractivity contribution in [3.8, 4) is 5.75 Å². The Morgan fingerprint density at radius 2 is 2.27 bits per heavy atom.